The van der Waals surface area contributed by atoms with Crippen molar-refractivity contribution >= 4 is 53.1 Å². The molecular weight excluding hydrogens is 443 g/mol. The third-order valence-corrected chi connectivity index (χ3v) is 3.38. The minimum absolute atomic E-state index is 0. The number of hydrogen-bond acceptors (Lipinski definition) is 3. The SMILES string of the molecule is CN=C(NCCC(=O)Nc1ccc(C)cc1Cl)NC(C)COC.I. The number of aryl methyl sites for hydroxylation is 1. The maximum atomic E-state index is 12.0. The summed E-state index contributed by atoms with van der Waals surface area (Å²) in [4.78, 5) is 16.1. The van der Waals surface area contributed by atoms with Gasteiger partial charge in [0.2, 0.25) is 5.91 Å². The van der Waals surface area contributed by atoms with Gasteiger partial charge < -0.3 is 20.7 Å². The number of guanidine groups is 1. The molecule has 0 spiro atoms. The number of halogens is 2. The van der Waals surface area contributed by atoms with Gasteiger partial charge >= 0.3 is 0 Å². The van der Waals surface area contributed by atoms with E-state index in [9.17, 15) is 4.79 Å². The maximum Gasteiger partial charge on any atom is 0.226 e. The quantitative estimate of drug-likeness (QED) is 0.327. The number of benzene rings is 1. The fourth-order valence-corrected chi connectivity index (χ4v) is 2.23. The Morgan fingerprint density at radius 2 is 2.12 bits per heavy atom. The van der Waals surface area contributed by atoms with Gasteiger partial charge in [-0.1, -0.05) is 17.7 Å². The Kier molecular flexibility index (Phi) is 11.8. The van der Waals surface area contributed by atoms with E-state index < -0.39 is 0 Å². The van der Waals surface area contributed by atoms with E-state index in [1.165, 1.54) is 0 Å². The lowest BCUT2D eigenvalue weighted by atomic mass is 10.2. The normalized spacial score (nSPS) is 12.1. The zero-order valence-corrected chi connectivity index (χ0v) is 17.6. The van der Waals surface area contributed by atoms with Gasteiger partial charge in [0.15, 0.2) is 5.96 Å². The first kappa shape index (κ1) is 22.9. The molecule has 24 heavy (non-hydrogen) atoms. The topological polar surface area (TPSA) is 74.8 Å². The fraction of sp³-hybridized carbons (Fsp3) is 0.500. The molecule has 0 saturated carbocycles. The molecule has 1 aromatic carbocycles. The molecule has 0 saturated heterocycles. The van der Waals surface area contributed by atoms with Crippen LogP contribution in [-0.4, -0.2) is 45.2 Å². The lowest BCUT2D eigenvalue weighted by Gasteiger charge is -2.17. The molecular formula is C16H26ClIN4O2. The van der Waals surface area contributed by atoms with Crippen LogP contribution in [0.25, 0.3) is 0 Å². The van der Waals surface area contributed by atoms with E-state index in [0.717, 1.165) is 5.56 Å². The van der Waals surface area contributed by atoms with Gasteiger partial charge in [-0.05, 0) is 31.5 Å². The summed E-state index contributed by atoms with van der Waals surface area (Å²) >= 11 is 6.10. The Balaban J connectivity index is 0.00000529. The van der Waals surface area contributed by atoms with Crippen LogP contribution in [-0.2, 0) is 9.53 Å². The van der Waals surface area contributed by atoms with Crippen molar-refractivity contribution in [2.45, 2.75) is 26.3 Å². The number of nitrogens with zero attached hydrogens (tertiary/aromatic N) is 1. The number of aliphatic imine (C=N–C) groups is 1. The van der Waals surface area contributed by atoms with Crippen LogP contribution < -0.4 is 16.0 Å². The van der Waals surface area contributed by atoms with Crippen molar-refractivity contribution in [3.8, 4) is 0 Å². The van der Waals surface area contributed by atoms with Gasteiger partial charge in [-0.15, -0.1) is 24.0 Å². The first-order valence-electron chi connectivity index (χ1n) is 7.48. The average Bonchev–Trinajstić information content (AvgIpc) is 2.49. The molecule has 3 N–H and O–H groups in total. The van der Waals surface area contributed by atoms with E-state index >= 15 is 0 Å². The standard InChI is InChI=1S/C16H25ClN4O2.HI/c1-11-5-6-14(13(17)9-11)21-15(22)7-8-19-16(18-3)20-12(2)10-23-4;/h5-6,9,12H,7-8,10H2,1-4H3,(H,21,22)(H2,18,19,20);1H. The number of ether oxygens (including phenoxy) is 1. The summed E-state index contributed by atoms with van der Waals surface area (Å²) in [5.74, 6) is 0.527. The number of amides is 1. The molecule has 8 heteroatoms. The Morgan fingerprint density at radius 3 is 2.71 bits per heavy atom. The lowest BCUT2D eigenvalue weighted by Crippen LogP contribution is -2.44. The number of anilines is 1. The van der Waals surface area contributed by atoms with Crippen LogP contribution in [0.4, 0.5) is 5.69 Å². The van der Waals surface area contributed by atoms with E-state index in [-0.39, 0.29) is 35.9 Å². The second-order valence-corrected chi connectivity index (χ2v) is 5.69. The molecule has 0 aromatic heterocycles. The molecule has 0 aliphatic heterocycles. The highest BCUT2D eigenvalue weighted by molar-refractivity contribution is 14.0. The number of rotatable bonds is 7. The molecule has 6 nitrogen and oxygen atoms in total. The summed E-state index contributed by atoms with van der Waals surface area (Å²) in [5, 5.41) is 9.59. The maximum absolute atomic E-state index is 12.0. The van der Waals surface area contributed by atoms with Crippen molar-refractivity contribution < 1.29 is 9.53 Å². The number of nitrogens with one attached hydrogen (secondary N) is 3. The predicted molar refractivity (Wildman–Crippen MR) is 111 cm³/mol. The number of methoxy groups -OCH3 is 1. The Bertz CT molecular complexity index is 555. The van der Waals surface area contributed by atoms with Crippen LogP contribution in [0, 0.1) is 6.92 Å². The van der Waals surface area contributed by atoms with Crippen LogP contribution in [0.5, 0.6) is 0 Å². The molecule has 1 aromatic rings. The molecule has 136 valence electrons. The van der Waals surface area contributed by atoms with Crippen LogP contribution in [0.15, 0.2) is 23.2 Å². The van der Waals surface area contributed by atoms with Crippen molar-refractivity contribution in [1.29, 1.82) is 0 Å². The number of hydrogen-bond donors (Lipinski definition) is 3. The first-order chi connectivity index (χ1) is 11.0. The van der Waals surface area contributed by atoms with E-state index in [1.54, 1.807) is 20.2 Å². The third-order valence-electron chi connectivity index (χ3n) is 3.07. The molecule has 0 aliphatic carbocycles. The summed E-state index contributed by atoms with van der Waals surface area (Å²) in [5.41, 5.74) is 1.67. The van der Waals surface area contributed by atoms with Gasteiger partial charge in [0.1, 0.15) is 0 Å². The summed E-state index contributed by atoms with van der Waals surface area (Å²) in [6.45, 7) is 4.98. The summed E-state index contributed by atoms with van der Waals surface area (Å²) < 4.78 is 5.06. The predicted octanol–water partition coefficient (Wildman–Crippen LogP) is 2.79. The molecule has 0 bridgehead atoms. The molecule has 1 amide bonds. The monoisotopic (exact) mass is 468 g/mol. The second-order valence-electron chi connectivity index (χ2n) is 5.28. The Morgan fingerprint density at radius 1 is 1.42 bits per heavy atom. The van der Waals surface area contributed by atoms with Gasteiger partial charge in [-0.2, -0.15) is 0 Å². The molecule has 0 radical (unpaired) electrons. The van der Waals surface area contributed by atoms with Gasteiger partial charge in [-0.3, -0.25) is 9.79 Å². The minimum Gasteiger partial charge on any atom is -0.383 e. The largest absolute Gasteiger partial charge is 0.383 e. The van der Waals surface area contributed by atoms with Crippen LogP contribution >= 0.6 is 35.6 Å². The van der Waals surface area contributed by atoms with Crippen molar-refractivity contribution in [3.63, 3.8) is 0 Å². The van der Waals surface area contributed by atoms with E-state index in [2.05, 4.69) is 20.9 Å². The van der Waals surface area contributed by atoms with Crippen LogP contribution in [0.3, 0.4) is 0 Å². The highest BCUT2D eigenvalue weighted by Gasteiger charge is 2.08. The van der Waals surface area contributed by atoms with E-state index in [0.29, 0.717) is 36.2 Å². The molecule has 1 atom stereocenters. The summed E-state index contributed by atoms with van der Waals surface area (Å²) in [6, 6.07) is 5.66. The van der Waals surface area contributed by atoms with Crippen molar-refractivity contribution in [2.24, 2.45) is 4.99 Å². The molecule has 0 fully saturated rings. The zero-order chi connectivity index (χ0) is 17.2. The molecule has 1 rings (SSSR count). The van der Waals surface area contributed by atoms with E-state index in [1.807, 2.05) is 26.0 Å². The molecule has 0 heterocycles. The Hall–Kier alpha value is -1.06. The summed E-state index contributed by atoms with van der Waals surface area (Å²) in [7, 11) is 3.33. The fourth-order valence-electron chi connectivity index (χ4n) is 1.95. The van der Waals surface area contributed by atoms with Gasteiger partial charge in [0.25, 0.3) is 0 Å². The minimum atomic E-state index is -0.108. The highest BCUT2D eigenvalue weighted by Crippen LogP contribution is 2.22. The van der Waals surface area contributed by atoms with Crippen molar-refractivity contribution in [3.05, 3.63) is 28.8 Å². The average molecular weight is 469 g/mol. The first-order valence-corrected chi connectivity index (χ1v) is 7.86. The number of carbonyl (C=O) groups excluding carboxylic acids is 1. The smallest absolute Gasteiger partial charge is 0.226 e. The molecule has 1 unspecified atom stereocenters. The number of carbonyl (C=O) groups is 1. The van der Waals surface area contributed by atoms with Crippen molar-refractivity contribution in [1.82, 2.24) is 10.6 Å². The lowest BCUT2D eigenvalue weighted by molar-refractivity contribution is -0.116. The van der Waals surface area contributed by atoms with Crippen LogP contribution in [0.1, 0.15) is 18.9 Å². The summed E-state index contributed by atoms with van der Waals surface area (Å²) in [6.07, 6.45) is 0.309. The van der Waals surface area contributed by atoms with Gasteiger partial charge in [-0.25, -0.2) is 0 Å². The van der Waals surface area contributed by atoms with Crippen LogP contribution in [0.2, 0.25) is 5.02 Å². The zero-order valence-electron chi connectivity index (χ0n) is 14.5. The van der Waals surface area contributed by atoms with Gasteiger partial charge in [0, 0.05) is 33.2 Å². The van der Waals surface area contributed by atoms with E-state index in [4.69, 9.17) is 16.3 Å². The highest BCUT2D eigenvalue weighted by atomic mass is 127. The van der Waals surface area contributed by atoms with Crippen molar-refractivity contribution in [2.75, 3.05) is 32.6 Å². The van der Waals surface area contributed by atoms with Gasteiger partial charge in [0.05, 0.1) is 17.3 Å². The third kappa shape index (κ3) is 8.70. The molecule has 0 aliphatic rings. The second kappa shape index (κ2) is 12.3. The Labute approximate surface area is 165 Å².